The van der Waals surface area contributed by atoms with Gasteiger partial charge in [-0.05, 0) is 43.3 Å². The highest BCUT2D eigenvalue weighted by atomic mass is 32.1. The topological polar surface area (TPSA) is 30.9 Å². The first kappa shape index (κ1) is 14.9. The molecule has 1 unspecified atom stereocenters. The van der Waals surface area contributed by atoms with Gasteiger partial charge < -0.3 is 10.2 Å². The van der Waals surface area contributed by atoms with Gasteiger partial charge in [0.15, 0.2) is 5.96 Å². The second-order valence-corrected chi connectivity index (χ2v) is 7.24. The first-order valence-corrected chi connectivity index (χ1v) is 8.89. The Balaban J connectivity index is 1.65. The Labute approximate surface area is 131 Å². The maximum Gasteiger partial charge on any atom is 0.193 e. The molecule has 1 aromatic rings. The van der Waals surface area contributed by atoms with E-state index >= 15 is 0 Å². The molecule has 0 aliphatic carbocycles. The fraction of sp³-hybridized carbons (Fsp3) is 0.688. The van der Waals surface area contributed by atoms with Crippen LogP contribution in [0.2, 0.25) is 0 Å². The summed E-state index contributed by atoms with van der Waals surface area (Å²) in [6, 6.07) is 4.92. The zero-order chi connectivity index (χ0) is 14.7. The van der Waals surface area contributed by atoms with Gasteiger partial charge in [-0.3, -0.25) is 9.89 Å². The van der Waals surface area contributed by atoms with E-state index in [4.69, 9.17) is 0 Å². The fourth-order valence-corrected chi connectivity index (χ4v) is 4.00. The number of hydrogen-bond acceptors (Lipinski definition) is 5. The summed E-state index contributed by atoms with van der Waals surface area (Å²) in [5.41, 5.74) is 0. The van der Waals surface area contributed by atoms with Crippen LogP contribution in [-0.2, 0) is 0 Å². The van der Waals surface area contributed by atoms with Crippen LogP contribution in [-0.4, -0.2) is 55.5 Å². The predicted octanol–water partition coefficient (Wildman–Crippen LogP) is 2.41. The molecule has 0 spiro atoms. The number of aliphatic imine (C=N–C) groups is 1. The molecule has 4 nitrogen and oxygen atoms in total. The number of thiophene rings is 1. The molecular formula is C16H26N4S. The molecule has 0 aromatic carbocycles. The SMILES string of the molecule is CC1CCN(C(CNC2=NCCN2C)c2cccs2)CC1. The predicted molar refractivity (Wildman–Crippen MR) is 90.0 cm³/mol. The van der Waals surface area contributed by atoms with Gasteiger partial charge >= 0.3 is 0 Å². The van der Waals surface area contributed by atoms with Gasteiger partial charge in [-0.2, -0.15) is 0 Å². The molecule has 1 atom stereocenters. The molecule has 2 aliphatic heterocycles. The normalized spacial score (nSPS) is 22.4. The Hall–Kier alpha value is -1.07. The monoisotopic (exact) mass is 306 g/mol. The number of rotatable bonds is 4. The summed E-state index contributed by atoms with van der Waals surface area (Å²) in [5, 5.41) is 5.76. The van der Waals surface area contributed by atoms with Crippen LogP contribution in [0.3, 0.4) is 0 Å². The average Bonchev–Trinajstić information content (AvgIpc) is 3.13. The van der Waals surface area contributed by atoms with Crippen LogP contribution < -0.4 is 5.32 Å². The van der Waals surface area contributed by atoms with Crippen LogP contribution in [0.5, 0.6) is 0 Å². The average molecular weight is 306 g/mol. The number of guanidine groups is 1. The smallest absolute Gasteiger partial charge is 0.193 e. The van der Waals surface area contributed by atoms with E-state index in [1.54, 1.807) is 0 Å². The number of hydrogen-bond donors (Lipinski definition) is 1. The Bertz CT molecular complexity index is 463. The van der Waals surface area contributed by atoms with E-state index in [1.807, 2.05) is 11.3 Å². The van der Waals surface area contributed by atoms with Gasteiger partial charge in [0.2, 0.25) is 0 Å². The molecule has 0 bridgehead atoms. The van der Waals surface area contributed by atoms with Crippen LogP contribution in [0.4, 0.5) is 0 Å². The third-order valence-corrected chi connectivity index (χ3v) is 5.62. The highest BCUT2D eigenvalue weighted by Gasteiger charge is 2.26. The molecule has 1 saturated heterocycles. The highest BCUT2D eigenvalue weighted by molar-refractivity contribution is 7.10. The molecule has 1 aromatic heterocycles. The van der Waals surface area contributed by atoms with E-state index in [-0.39, 0.29) is 0 Å². The summed E-state index contributed by atoms with van der Waals surface area (Å²) < 4.78 is 0. The molecule has 5 heteroatoms. The van der Waals surface area contributed by atoms with Gasteiger partial charge in [0.05, 0.1) is 12.6 Å². The van der Waals surface area contributed by atoms with Crippen molar-refractivity contribution in [1.29, 1.82) is 0 Å². The van der Waals surface area contributed by atoms with E-state index < -0.39 is 0 Å². The second-order valence-electron chi connectivity index (χ2n) is 6.26. The zero-order valence-electron chi connectivity index (χ0n) is 13.1. The van der Waals surface area contributed by atoms with Crippen LogP contribution in [0.1, 0.15) is 30.7 Å². The van der Waals surface area contributed by atoms with Crippen molar-refractivity contribution in [2.24, 2.45) is 10.9 Å². The van der Waals surface area contributed by atoms with Crippen molar-refractivity contribution in [3.05, 3.63) is 22.4 Å². The third kappa shape index (κ3) is 3.58. The maximum absolute atomic E-state index is 4.54. The van der Waals surface area contributed by atoms with Crippen molar-refractivity contribution in [2.45, 2.75) is 25.8 Å². The van der Waals surface area contributed by atoms with Gasteiger partial charge in [0, 0.05) is 25.0 Å². The van der Waals surface area contributed by atoms with Crippen molar-refractivity contribution in [3.63, 3.8) is 0 Å². The van der Waals surface area contributed by atoms with Gasteiger partial charge in [0.25, 0.3) is 0 Å². The van der Waals surface area contributed by atoms with Crippen molar-refractivity contribution in [3.8, 4) is 0 Å². The summed E-state index contributed by atoms with van der Waals surface area (Å²) in [5.74, 6) is 1.94. The Morgan fingerprint density at radius 1 is 1.38 bits per heavy atom. The lowest BCUT2D eigenvalue weighted by molar-refractivity contribution is 0.140. The molecular weight excluding hydrogens is 280 g/mol. The van der Waals surface area contributed by atoms with Crippen LogP contribution in [0.15, 0.2) is 22.5 Å². The van der Waals surface area contributed by atoms with Crippen molar-refractivity contribution < 1.29 is 0 Å². The number of nitrogens with one attached hydrogen (secondary N) is 1. The molecule has 3 heterocycles. The van der Waals surface area contributed by atoms with E-state index in [1.165, 1.54) is 30.8 Å². The van der Waals surface area contributed by atoms with Crippen LogP contribution in [0, 0.1) is 5.92 Å². The van der Waals surface area contributed by atoms with Crippen molar-refractivity contribution in [1.82, 2.24) is 15.1 Å². The molecule has 0 saturated carbocycles. The van der Waals surface area contributed by atoms with Crippen molar-refractivity contribution in [2.75, 3.05) is 39.8 Å². The third-order valence-electron chi connectivity index (χ3n) is 4.64. The summed E-state index contributed by atoms with van der Waals surface area (Å²) in [7, 11) is 2.11. The first-order valence-electron chi connectivity index (χ1n) is 8.01. The largest absolute Gasteiger partial charge is 0.354 e. The summed E-state index contributed by atoms with van der Waals surface area (Å²) in [4.78, 5) is 10.9. The first-order chi connectivity index (χ1) is 10.2. The minimum absolute atomic E-state index is 0.481. The van der Waals surface area contributed by atoms with E-state index in [9.17, 15) is 0 Å². The number of likely N-dealkylation sites (N-methyl/N-ethyl adjacent to an activating group) is 1. The molecule has 116 valence electrons. The van der Waals surface area contributed by atoms with Crippen molar-refractivity contribution >= 4 is 17.3 Å². The molecule has 0 amide bonds. The van der Waals surface area contributed by atoms with E-state index in [0.717, 1.165) is 31.5 Å². The van der Waals surface area contributed by atoms with Gasteiger partial charge in [-0.1, -0.05) is 13.0 Å². The minimum Gasteiger partial charge on any atom is -0.354 e. The van der Waals surface area contributed by atoms with Crippen LogP contribution >= 0.6 is 11.3 Å². The Morgan fingerprint density at radius 2 is 2.19 bits per heavy atom. The lowest BCUT2D eigenvalue weighted by atomic mass is 9.97. The lowest BCUT2D eigenvalue weighted by Crippen LogP contribution is -2.44. The highest BCUT2D eigenvalue weighted by Crippen LogP contribution is 2.29. The molecule has 21 heavy (non-hydrogen) atoms. The number of piperidine rings is 1. The quantitative estimate of drug-likeness (QED) is 0.927. The number of likely N-dealkylation sites (tertiary alicyclic amines) is 1. The van der Waals surface area contributed by atoms with Crippen LogP contribution in [0.25, 0.3) is 0 Å². The zero-order valence-corrected chi connectivity index (χ0v) is 13.9. The van der Waals surface area contributed by atoms with Gasteiger partial charge in [-0.15, -0.1) is 11.3 Å². The summed E-state index contributed by atoms with van der Waals surface area (Å²) in [6.07, 6.45) is 2.64. The summed E-state index contributed by atoms with van der Waals surface area (Å²) >= 11 is 1.87. The van der Waals surface area contributed by atoms with Gasteiger partial charge in [-0.25, -0.2) is 0 Å². The van der Waals surface area contributed by atoms with E-state index in [2.05, 4.69) is 51.6 Å². The number of nitrogens with zero attached hydrogens (tertiary/aromatic N) is 3. The maximum atomic E-state index is 4.54. The fourth-order valence-electron chi connectivity index (χ4n) is 3.14. The second kappa shape index (κ2) is 6.79. The lowest BCUT2D eigenvalue weighted by Gasteiger charge is -2.36. The Kier molecular flexibility index (Phi) is 4.80. The molecule has 3 rings (SSSR count). The van der Waals surface area contributed by atoms with E-state index in [0.29, 0.717) is 6.04 Å². The standard InChI is InChI=1S/C16H26N4S/c1-13-5-8-20(9-6-13)14(15-4-3-11-21-15)12-18-16-17-7-10-19(16)2/h3-4,11,13-14H,5-10,12H2,1-2H3,(H,17,18). The summed E-state index contributed by atoms with van der Waals surface area (Å²) in [6.45, 7) is 7.72. The van der Waals surface area contributed by atoms with Gasteiger partial charge in [0.1, 0.15) is 0 Å². The minimum atomic E-state index is 0.481. The Morgan fingerprint density at radius 3 is 2.81 bits per heavy atom. The molecule has 2 aliphatic rings. The molecule has 1 fully saturated rings. The molecule has 0 radical (unpaired) electrons. The molecule has 1 N–H and O–H groups in total.